The third kappa shape index (κ3) is 3.95. The fourth-order valence-electron chi connectivity index (χ4n) is 2.33. The van der Waals surface area contributed by atoms with Gasteiger partial charge in [-0.2, -0.15) is 10.2 Å². The van der Waals surface area contributed by atoms with E-state index in [-0.39, 0.29) is 5.91 Å². The fourth-order valence-corrected chi connectivity index (χ4v) is 2.33. The third-order valence-corrected chi connectivity index (χ3v) is 3.54. The lowest BCUT2D eigenvalue weighted by atomic mass is 10.1. The lowest BCUT2D eigenvalue weighted by Gasteiger charge is -2.02. The third-order valence-electron chi connectivity index (χ3n) is 3.54. The predicted octanol–water partition coefficient (Wildman–Crippen LogP) is 3.43. The second-order valence-corrected chi connectivity index (χ2v) is 5.48. The second kappa shape index (κ2) is 7.37. The summed E-state index contributed by atoms with van der Waals surface area (Å²) in [5.74, 6) is -0.308. The molecule has 0 unspecified atom stereocenters. The van der Waals surface area contributed by atoms with Crippen molar-refractivity contribution < 1.29 is 4.79 Å². The molecule has 2 aromatic carbocycles. The first-order chi connectivity index (χ1) is 11.7. The van der Waals surface area contributed by atoms with Crippen molar-refractivity contribution in [3.63, 3.8) is 0 Å². The van der Waals surface area contributed by atoms with Crippen molar-refractivity contribution in [2.75, 3.05) is 0 Å². The highest BCUT2D eigenvalue weighted by atomic mass is 16.2. The molecule has 3 rings (SSSR count). The molecule has 1 heterocycles. The van der Waals surface area contributed by atoms with E-state index in [9.17, 15) is 4.79 Å². The van der Waals surface area contributed by atoms with E-state index >= 15 is 0 Å². The normalized spacial score (nSPS) is 11.3. The van der Waals surface area contributed by atoms with Gasteiger partial charge in [-0.05, 0) is 18.6 Å². The van der Waals surface area contributed by atoms with Crippen LogP contribution < -0.4 is 5.43 Å². The van der Waals surface area contributed by atoms with Gasteiger partial charge in [0.05, 0.1) is 5.69 Å². The van der Waals surface area contributed by atoms with Crippen molar-refractivity contribution in [1.29, 1.82) is 0 Å². The monoisotopic (exact) mass is 318 g/mol. The molecule has 0 bridgehead atoms. The molecule has 24 heavy (non-hydrogen) atoms. The van der Waals surface area contributed by atoms with Crippen LogP contribution in [0.15, 0.2) is 71.8 Å². The highest BCUT2D eigenvalue weighted by molar-refractivity contribution is 5.94. The van der Waals surface area contributed by atoms with E-state index in [1.165, 1.54) is 0 Å². The molecule has 0 aliphatic heterocycles. The van der Waals surface area contributed by atoms with Crippen molar-refractivity contribution in [2.45, 2.75) is 13.3 Å². The minimum atomic E-state index is -0.308. The average Bonchev–Trinajstić information content (AvgIpc) is 3.11. The highest BCUT2D eigenvalue weighted by Gasteiger charge is 2.10. The molecule has 0 saturated carbocycles. The van der Waals surface area contributed by atoms with Crippen LogP contribution in [-0.4, -0.2) is 21.8 Å². The summed E-state index contributed by atoms with van der Waals surface area (Å²) in [4.78, 5) is 12.2. The topological polar surface area (TPSA) is 70.1 Å². The second-order valence-electron chi connectivity index (χ2n) is 5.48. The zero-order valence-corrected chi connectivity index (χ0v) is 13.4. The van der Waals surface area contributed by atoms with Gasteiger partial charge in [-0.15, -0.1) is 0 Å². The van der Waals surface area contributed by atoms with Gasteiger partial charge in [0, 0.05) is 17.7 Å². The Labute approximate surface area is 140 Å². The first kappa shape index (κ1) is 15.7. The summed E-state index contributed by atoms with van der Waals surface area (Å²) in [5, 5.41) is 11.1. The Bertz CT molecular complexity index is 838. The number of amides is 1. The molecule has 1 amide bonds. The number of nitrogens with one attached hydrogen (secondary N) is 2. The van der Waals surface area contributed by atoms with E-state index in [1.54, 1.807) is 6.07 Å². The number of benzene rings is 2. The predicted molar refractivity (Wildman–Crippen MR) is 94.7 cm³/mol. The molecule has 0 atom stereocenters. The average molecular weight is 318 g/mol. The Morgan fingerprint density at radius 3 is 2.46 bits per heavy atom. The van der Waals surface area contributed by atoms with Crippen molar-refractivity contribution in [1.82, 2.24) is 15.6 Å². The van der Waals surface area contributed by atoms with Crippen LogP contribution in [0, 0.1) is 0 Å². The molecule has 0 aliphatic rings. The Hall–Kier alpha value is -3.21. The van der Waals surface area contributed by atoms with E-state index in [0.29, 0.717) is 12.1 Å². The van der Waals surface area contributed by atoms with Crippen molar-refractivity contribution in [2.24, 2.45) is 5.10 Å². The van der Waals surface area contributed by atoms with Crippen LogP contribution in [0.3, 0.4) is 0 Å². The Morgan fingerprint density at radius 2 is 1.75 bits per heavy atom. The molecule has 3 aromatic rings. The molecule has 2 N–H and O–H groups in total. The van der Waals surface area contributed by atoms with Crippen LogP contribution in [0.4, 0.5) is 0 Å². The smallest absolute Gasteiger partial charge is 0.272 e. The zero-order chi connectivity index (χ0) is 16.8. The van der Waals surface area contributed by atoms with Gasteiger partial charge >= 0.3 is 0 Å². The number of H-pyrrole nitrogens is 1. The standard InChI is InChI=1S/C19H18N4O/c1-14(12-15-8-4-2-5-9-15)20-23-19(24)18-13-17(21-22-18)16-10-6-3-7-11-16/h2-11,13H,12H2,1H3,(H,21,22)(H,23,24). The Morgan fingerprint density at radius 1 is 1.08 bits per heavy atom. The number of hydrazone groups is 1. The van der Waals surface area contributed by atoms with Crippen molar-refractivity contribution in [3.05, 3.63) is 78.0 Å². The molecule has 0 radical (unpaired) electrons. The fraction of sp³-hybridized carbons (Fsp3) is 0.105. The number of aromatic nitrogens is 2. The van der Waals surface area contributed by atoms with Crippen LogP contribution in [0.5, 0.6) is 0 Å². The van der Waals surface area contributed by atoms with Crippen molar-refractivity contribution in [3.8, 4) is 11.3 Å². The van der Waals surface area contributed by atoms with Gasteiger partial charge in [0.1, 0.15) is 5.69 Å². The lowest BCUT2D eigenvalue weighted by Crippen LogP contribution is -2.20. The largest absolute Gasteiger partial charge is 0.289 e. The summed E-state index contributed by atoms with van der Waals surface area (Å²) < 4.78 is 0. The molecule has 120 valence electrons. The number of hydrogen-bond acceptors (Lipinski definition) is 3. The first-order valence-electron chi connectivity index (χ1n) is 7.70. The van der Waals surface area contributed by atoms with Gasteiger partial charge in [-0.1, -0.05) is 60.7 Å². The van der Waals surface area contributed by atoms with Crippen LogP contribution in [0.25, 0.3) is 11.3 Å². The number of carbonyl (C=O) groups excluding carboxylic acids is 1. The summed E-state index contributed by atoms with van der Waals surface area (Å²) in [7, 11) is 0. The number of hydrogen-bond donors (Lipinski definition) is 2. The minimum Gasteiger partial charge on any atom is -0.272 e. The number of aromatic amines is 1. The highest BCUT2D eigenvalue weighted by Crippen LogP contribution is 2.16. The summed E-state index contributed by atoms with van der Waals surface area (Å²) in [6.45, 7) is 1.88. The molecule has 0 saturated heterocycles. The maximum atomic E-state index is 12.2. The summed E-state index contributed by atoms with van der Waals surface area (Å²) in [6.07, 6.45) is 0.694. The lowest BCUT2D eigenvalue weighted by molar-refractivity contribution is 0.0949. The van der Waals surface area contributed by atoms with Crippen molar-refractivity contribution >= 4 is 11.6 Å². The van der Waals surface area contributed by atoms with Crippen LogP contribution in [-0.2, 0) is 6.42 Å². The van der Waals surface area contributed by atoms with Gasteiger partial charge in [0.25, 0.3) is 5.91 Å². The minimum absolute atomic E-state index is 0.308. The summed E-state index contributed by atoms with van der Waals surface area (Å²) in [5.41, 5.74) is 6.61. The number of nitrogens with zero attached hydrogens (tertiary/aromatic N) is 2. The van der Waals surface area contributed by atoms with Crippen LogP contribution in [0.1, 0.15) is 23.0 Å². The van der Waals surface area contributed by atoms with E-state index in [4.69, 9.17) is 0 Å². The Balaban J connectivity index is 1.63. The summed E-state index contributed by atoms with van der Waals surface area (Å²) in [6, 6.07) is 21.4. The van der Waals surface area contributed by atoms with Crippen LogP contribution in [0.2, 0.25) is 0 Å². The van der Waals surface area contributed by atoms with Gasteiger partial charge in [-0.25, -0.2) is 5.43 Å². The van der Waals surface area contributed by atoms with E-state index in [1.807, 2.05) is 67.6 Å². The first-order valence-corrected chi connectivity index (χ1v) is 7.70. The quantitative estimate of drug-likeness (QED) is 0.559. The SMILES string of the molecule is CC(Cc1ccccc1)=NNC(=O)c1cc(-c2ccccc2)n[nH]1. The van der Waals surface area contributed by atoms with Gasteiger partial charge in [-0.3, -0.25) is 9.89 Å². The van der Waals surface area contributed by atoms with Gasteiger partial charge in [0.2, 0.25) is 0 Å². The molecule has 1 aromatic heterocycles. The maximum absolute atomic E-state index is 12.2. The van der Waals surface area contributed by atoms with Crippen LogP contribution >= 0.6 is 0 Å². The summed E-state index contributed by atoms with van der Waals surface area (Å²) >= 11 is 0. The molecule has 0 spiro atoms. The van der Waals surface area contributed by atoms with Gasteiger partial charge in [0.15, 0.2) is 0 Å². The maximum Gasteiger partial charge on any atom is 0.289 e. The van der Waals surface area contributed by atoms with E-state index in [0.717, 1.165) is 22.5 Å². The molecular formula is C19H18N4O. The molecule has 0 aliphatic carbocycles. The molecule has 0 fully saturated rings. The molecule has 5 nitrogen and oxygen atoms in total. The Kier molecular flexibility index (Phi) is 4.81. The molecule has 5 heteroatoms. The van der Waals surface area contributed by atoms with Gasteiger partial charge < -0.3 is 0 Å². The van der Waals surface area contributed by atoms with E-state index in [2.05, 4.69) is 20.7 Å². The molecular weight excluding hydrogens is 300 g/mol. The van der Waals surface area contributed by atoms with E-state index < -0.39 is 0 Å². The number of carbonyl (C=O) groups is 1. The zero-order valence-electron chi connectivity index (χ0n) is 13.4. The number of rotatable bonds is 5.